The highest BCUT2D eigenvalue weighted by Gasteiger charge is 2.28. The maximum absolute atomic E-state index is 13.0. The van der Waals surface area contributed by atoms with Crippen molar-refractivity contribution in [2.75, 3.05) is 25.6 Å². The largest absolute Gasteiger partial charge is 0.496 e. The average molecular weight is 461 g/mol. The van der Waals surface area contributed by atoms with Crippen LogP contribution in [-0.4, -0.2) is 43.1 Å². The van der Waals surface area contributed by atoms with Crippen LogP contribution < -0.4 is 19.5 Å². The van der Waals surface area contributed by atoms with E-state index >= 15 is 0 Å². The Morgan fingerprint density at radius 1 is 1.09 bits per heavy atom. The van der Waals surface area contributed by atoms with Crippen LogP contribution in [-0.2, 0) is 22.6 Å². The van der Waals surface area contributed by atoms with E-state index in [9.17, 15) is 9.59 Å². The highest BCUT2D eigenvalue weighted by Crippen LogP contribution is 2.29. The summed E-state index contributed by atoms with van der Waals surface area (Å²) in [6.45, 7) is 2.56. The summed E-state index contributed by atoms with van der Waals surface area (Å²) in [4.78, 5) is 27.1. The molecule has 176 valence electrons. The molecule has 1 N–H and O–H groups in total. The van der Waals surface area contributed by atoms with Gasteiger partial charge < -0.3 is 24.4 Å². The zero-order valence-electron chi connectivity index (χ0n) is 19.3. The lowest BCUT2D eigenvalue weighted by atomic mass is 10.1. The van der Waals surface area contributed by atoms with Gasteiger partial charge in [0.05, 0.1) is 7.11 Å². The van der Waals surface area contributed by atoms with Crippen molar-refractivity contribution in [3.05, 3.63) is 83.9 Å². The highest BCUT2D eigenvalue weighted by atomic mass is 16.5. The van der Waals surface area contributed by atoms with Gasteiger partial charge in [0.1, 0.15) is 17.2 Å². The van der Waals surface area contributed by atoms with E-state index in [1.54, 1.807) is 43.2 Å². The second-order valence-electron chi connectivity index (χ2n) is 8.05. The molecular formula is C27H28N2O5. The third kappa shape index (κ3) is 5.67. The van der Waals surface area contributed by atoms with Gasteiger partial charge in [0.25, 0.3) is 11.8 Å². The maximum Gasteiger partial charge on any atom is 0.263 e. The summed E-state index contributed by atoms with van der Waals surface area (Å²) in [6.07, 6.45) is 0.0593. The summed E-state index contributed by atoms with van der Waals surface area (Å²) in [5.74, 6) is 1.73. The van der Waals surface area contributed by atoms with E-state index in [1.807, 2.05) is 48.5 Å². The quantitative estimate of drug-likeness (QED) is 0.549. The molecule has 0 aromatic heterocycles. The number of anilines is 1. The summed E-state index contributed by atoms with van der Waals surface area (Å²) in [5, 5.41) is 2.85. The fraction of sp³-hybridized carbons (Fsp3) is 0.259. The molecule has 1 atom stereocenters. The molecule has 0 fully saturated rings. The number of nitrogens with one attached hydrogen (secondary N) is 1. The fourth-order valence-electron chi connectivity index (χ4n) is 3.89. The molecule has 0 saturated carbocycles. The molecule has 34 heavy (non-hydrogen) atoms. The van der Waals surface area contributed by atoms with Gasteiger partial charge in [0.15, 0.2) is 12.7 Å². The topological polar surface area (TPSA) is 77.1 Å². The summed E-state index contributed by atoms with van der Waals surface area (Å²) in [5.41, 5.74) is 2.49. The Morgan fingerprint density at radius 2 is 1.85 bits per heavy atom. The monoisotopic (exact) mass is 460 g/mol. The van der Waals surface area contributed by atoms with E-state index in [0.29, 0.717) is 36.7 Å². The molecule has 3 aromatic rings. The standard InChI is InChI=1S/C27H28N2O5/c1-19-27(31)29(15-14-20-8-6-7-11-24(20)32-2)17-21-16-22(12-13-25(21)34-19)28-26(30)18-33-23-9-4-3-5-10-23/h3-13,16,19H,14-15,17-18H2,1-2H3,(H,28,30)/t19-/m0/s1. The molecule has 2 amide bonds. The number of benzene rings is 3. The molecule has 0 saturated heterocycles. The molecule has 4 rings (SSSR count). The van der Waals surface area contributed by atoms with Crippen molar-refractivity contribution in [3.63, 3.8) is 0 Å². The third-order valence-electron chi connectivity index (χ3n) is 5.63. The average Bonchev–Trinajstić information content (AvgIpc) is 2.98. The number of hydrogen-bond donors (Lipinski definition) is 1. The van der Waals surface area contributed by atoms with Crippen molar-refractivity contribution in [1.82, 2.24) is 4.90 Å². The van der Waals surface area contributed by atoms with Crippen molar-refractivity contribution < 1.29 is 23.8 Å². The Bertz CT molecular complexity index is 1150. The SMILES string of the molecule is COc1ccccc1CCN1Cc2cc(NC(=O)COc3ccccc3)ccc2O[C@@H](C)C1=O. The van der Waals surface area contributed by atoms with Gasteiger partial charge in [-0.1, -0.05) is 36.4 Å². The Morgan fingerprint density at radius 3 is 2.65 bits per heavy atom. The molecule has 1 aliphatic heterocycles. The van der Waals surface area contributed by atoms with E-state index in [4.69, 9.17) is 14.2 Å². The molecule has 1 aliphatic rings. The number of rotatable bonds is 8. The van der Waals surface area contributed by atoms with E-state index in [0.717, 1.165) is 16.9 Å². The van der Waals surface area contributed by atoms with Crippen molar-refractivity contribution >= 4 is 17.5 Å². The minimum Gasteiger partial charge on any atom is -0.496 e. The molecule has 0 radical (unpaired) electrons. The Balaban J connectivity index is 1.43. The highest BCUT2D eigenvalue weighted by molar-refractivity contribution is 5.92. The van der Waals surface area contributed by atoms with Gasteiger partial charge in [0.2, 0.25) is 0 Å². The van der Waals surface area contributed by atoms with Gasteiger partial charge in [-0.15, -0.1) is 0 Å². The van der Waals surface area contributed by atoms with E-state index in [2.05, 4.69) is 5.32 Å². The van der Waals surface area contributed by atoms with E-state index in [1.165, 1.54) is 0 Å². The molecule has 3 aromatic carbocycles. The smallest absolute Gasteiger partial charge is 0.263 e. The number of carbonyl (C=O) groups excluding carboxylic acids is 2. The second kappa shape index (κ2) is 10.7. The number of hydrogen-bond acceptors (Lipinski definition) is 5. The van der Waals surface area contributed by atoms with E-state index in [-0.39, 0.29) is 18.4 Å². The van der Waals surface area contributed by atoms with Crippen LogP contribution in [0.1, 0.15) is 18.1 Å². The number of amides is 2. The fourth-order valence-corrected chi connectivity index (χ4v) is 3.89. The molecule has 0 aliphatic carbocycles. The zero-order valence-corrected chi connectivity index (χ0v) is 19.3. The first-order valence-corrected chi connectivity index (χ1v) is 11.2. The van der Waals surface area contributed by atoms with Crippen LogP contribution in [0.5, 0.6) is 17.2 Å². The lowest BCUT2D eigenvalue weighted by Gasteiger charge is -2.22. The summed E-state index contributed by atoms with van der Waals surface area (Å²) in [7, 11) is 1.64. The summed E-state index contributed by atoms with van der Waals surface area (Å²) >= 11 is 0. The second-order valence-corrected chi connectivity index (χ2v) is 8.05. The van der Waals surface area contributed by atoms with E-state index < -0.39 is 6.10 Å². The van der Waals surface area contributed by atoms with Gasteiger partial charge in [-0.05, 0) is 55.3 Å². The Kier molecular flexibility index (Phi) is 7.32. The lowest BCUT2D eigenvalue weighted by molar-refractivity contribution is -0.137. The minimum absolute atomic E-state index is 0.0760. The van der Waals surface area contributed by atoms with Crippen molar-refractivity contribution in [2.45, 2.75) is 26.0 Å². The van der Waals surface area contributed by atoms with Crippen LogP contribution in [0.2, 0.25) is 0 Å². The van der Waals surface area contributed by atoms with Crippen LogP contribution in [0.15, 0.2) is 72.8 Å². The molecular weight excluding hydrogens is 432 g/mol. The van der Waals surface area contributed by atoms with Crippen molar-refractivity contribution in [1.29, 1.82) is 0 Å². The predicted molar refractivity (Wildman–Crippen MR) is 129 cm³/mol. The predicted octanol–water partition coefficient (Wildman–Crippen LogP) is 4.06. The molecule has 7 heteroatoms. The summed E-state index contributed by atoms with van der Waals surface area (Å²) < 4.78 is 16.9. The maximum atomic E-state index is 13.0. The van der Waals surface area contributed by atoms with Gasteiger partial charge in [-0.3, -0.25) is 9.59 Å². The molecule has 0 spiro atoms. The van der Waals surface area contributed by atoms with Gasteiger partial charge in [0, 0.05) is 24.3 Å². The Hall–Kier alpha value is -4.00. The number of fused-ring (bicyclic) bond motifs is 1. The third-order valence-corrected chi connectivity index (χ3v) is 5.63. The number of ether oxygens (including phenoxy) is 3. The zero-order chi connectivity index (χ0) is 23.9. The van der Waals surface area contributed by atoms with Crippen LogP contribution in [0.3, 0.4) is 0 Å². The van der Waals surface area contributed by atoms with Crippen molar-refractivity contribution in [2.24, 2.45) is 0 Å². The molecule has 1 heterocycles. The molecule has 0 bridgehead atoms. The van der Waals surface area contributed by atoms with Crippen LogP contribution >= 0.6 is 0 Å². The van der Waals surface area contributed by atoms with Crippen LogP contribution in [0.4, 0.5) is 5.69 Å². The van der Waals surface area contributed by atoms with Gasteiger partial charge in [-0.2, -0.15) is 0 Å². The number of carbonyl (C=O) groups is 2. The number of para-hydroxylation sites is 2. The van der Waals surface area contributed by atoms with Crippen LogP contribution in [0, 0.1) is 0 Å². The number of nitrogens with zero attached hydrogens (tertiary/aromatic N) is 1. The van der Waals surface area contributed by atoms with Gasteiger partial charge in [-0.25, -0.2) is 0 Å². The molecule has 0 unspecified atom stereocenters. The Labute approximate surface area is 199 Å². The van der Waals surface area contributed by atoms with Crippen molar-refractivity contribution in [3.8, 4) is 17.2 Å². The van der Waals surface area contributed by atoms with Gasteiger partial charge >= 0.3 is 0 Å². The summed E-state index contributed by atoms with van der Waals surface area (Å²) in [6, 6.07) is 22.4. The first kappa shape index (κ1) is 23.2. The number of methoxy groups -OCH3 is 1. The molecule has 7 nitrogen and oxygen atoms in total. The first-order chi connectivity index (χ1) is 16.5. The first-order valence-electron chi connectivity index (χ1n) is 11.2. The normalized spacial score (nSPS) is 15.1. The minimum atomic E-state index is -0.598. The lowest BCUT2D eigenvalue weighted by Crippen LogP contribution is -2.39. The van der Waals surface area contributed by atoms with Crippen LogP contribution in [0.25, 0.3) is 0 Å².